The van der Waals surface area contributed by atoms with Gasteiger partial charge in [0.05, 0.1) is 11.4 Å². The fraction of sp³-hybridized carbons (Fsp3) is 0.111. The van der Waals surface area contributed by atoms with Crippen molar-refractivity contribution in [1.82, 2.24) is 5.32 Å². The standard InChI is InChI=1S/C27H24ClN3O2/c28-21-9-5-8-20(15-21)25(26(29)30)23(16-31-27(33)22-10-3-4-11-24(22)32)19-13-12-17-6-1-2-7-18(17)14-19/h1-15,23,25,32H,16H2,(H3,29,30)(H,31,33). The number of phenolic OH excluding ortho intramolecular Hbond substituents is 1. The molecule has 0 saturated heterocycles. The van der Waals surface area contributed by atoms with Crippen LogP contribution in [0.1, 0.15) is 33.3 Å². The van der Waals surface area contributed by atoms with Crippen molar-refractivity contribution in [1.29, 1.82) is 5.41 Å². The molecule has 0 bridgehead atoms. The number of hydrogen-bond donors (Lipinski definition) is 4. The molecule has 0 aliphatic heterocycles. The lowest BCUT2D eigenvalue weighted by Crippen LogP contribution is -2.35. The van der Waals surface area contributed by atoms with E-state index in [2.05, 4.69) is 11.4 Å². The van der Waals surface area contributed by atoms with Crippen LogP contribution < -0.4 is 11.1 Å². The highest BCUT2D eigenvalue weighted by atomic mass is 35.5. The summed E-state index contributed by atoms with van der Waals surface area (Å²) in [6.07, 6.45) is 0. The molecule has 2 atom stereocenters. The van der Waals surface area contributed by atoms with Crippen LogP contribution in [0.3, 0.4) is 0 Å². The van der Waals surface area contributed by atoms with Crippen molar-refractivity contribution < 1.29 is 9.90 Å². The van der Waals surface area contributed by atoms with Crippen LogP contribution in [0.25, 0.3) is 10.8 Å². The van der Waals surface area contributed by atoms with Gasteiger partial charge in [0.1, 0.15) is 5.75 Å². The quantitative estimate of drug-likeness (QED) is 0.220. The number of carbonyl (C=O) groups is 1. The van der Waals surface area contributed by atoms with Crippen LogP contribution in [0, 0.1) is 5.41 Å². The number of para-hydroxylation sites is 1. The number of fused-ring (bicyclic) bond motifs is 1. The summed E-state index contributed by atoms with van der Waals surface area (Å²) < 4.78 is 0. The van der Waals surface area contributed by atoms with E-state index in [1.807, 2.05) is 48.5 Å². The first-order chi connectivity index (χ1) is 15.9. The van der Waals surface area contributed by atoms with Crippen molar-refractivity contribution in [3.8, 4) is 5.75 Å². The normalized spacial score (nSPS) is 12.8. The zero-order valence-corrected chi connectivity index (χ0v) is 18.6. The maximum absolute atomic E-state index is 12.8. The Hall–Kier alpha value is -3.83. The Morgan fingerprint density at radius 2 is 1.64 bits per heavy atom. The SMILES string of the molecule is N=C(N)C(c1cccc(Cl)c1)C(CNC(=O)c1ccccc1O)c1ccc2ccccc2c1. The number of amides is 1. The number of nitrogens with two attached hydrogens (primary N) is 1. The van der Waals surface area contributed by atoms with Gasteiger partial charge in [-0.2, -0.15) is 0 Å². The van der Waals surface area contributed by atoms with E-state index in [9.17, 15) is 9.90 Å². The number of aromatic hydroxyl groups is 1. The van der Waals surface area contributed by atoms with Crippen molar-refractivity contribution in [2.45, 2.75) is 11.8 Å². The Morgan fingerprint density at radius 3 is 2.36 bits per heavy atom. The summed E-state index contributed by atoms with van der Waals surface area (Å²) in [6, 6.07) is 27.8. The fourth-order valence-electron chi connectivity index (χ4n) is 4.16. The van der Waals surface area contributed by atoms with Crippen LogP contribution in [0.2, 0.25) is 5.02 Å². The number of benzene rings is 4. The van der Waals surface area contributed by atoms with Crippen molar-refractivity contribution >= 4 is 34.1 Å². The molecule has 0 radical (unpaired) electrons. The average Bonchev–Trinajstić information content (AvgIpc) is 2.81. The number of halogens is 1. The van der Waals surface area contributed by atoms with Crippen LogP contribution in [0.5, 0.6) is 5.75 Å². The summed E-state index contributed by atoms with van der Waals surface area (Å²) >= 11 is 6.24. The molecule has 0 aliphatic carbocycles. The third kappa shape index (κ3) is 4.99. The van der Waals surface area contributed by atoms with Crippen LogP contribution >= 0.6 is 11.6 Å². The van der Waals surface area contributed by atoms with Gasteiger partial charge in [0.25, 0.3) is 5.91 Å². The van der Waals surface area contributed by atoms with Crippen LogP contribution in [0.4, 0.5) is 0 Å². The monoisotopic (exact) mass is 457 g/mol. The Morgan fingerprint density at radius 1 is 0.909 bits per heavy atom. The number of rotatable bonds is 7. The van der Waals surface area contributed by atoms with E-state index in [0.717, 1.165) is 21.9 Å². The first kappa shape index (κ1) is 22.4. The molecule has 0 heterocycles. The summed E-state index contributed by atoms with van der Waals surface area (Å²) in [5.41, 5.74) is 8.02. The lowest BCUT2D eigenvalue weighted by molar-refractivity contribution is 0.0948. The lowest BCUT2D eigenvalue weighted by Gasteiger charge is -2.28. The molecule has 5 nitrogen and oxygen atoms in total. The summed E-state index contributed by atoms with van der Waals surface area (Å²) in [7, 11) is 0. The van der Waals surface area contributed by atoms with Gasteiger partial charge < -0.3 is 16.2 Å². The van der Waals surface area contributed by atoms with Crippen LogP contribution in [0.15, 0.2) is 91.0 Å². The van der Waals surface area contributed by atoms with Crippen LogP contribution in [-0.2, 0) is 0 Å². The molecule has 1 amide bonds. The molecule has 4 aromatic rings. The lowest BCUT2D eigenvalue weighted by atomic mass is 9.80. The van der Waals surface area contributed by atoms with Gasteiger partial charge in [0.2, 0.25) is 0 Å². The summed E-state index contributed by atoms with van der Waals surface area (Å²) in [4.78, 5) is 12.8. The Bertz CT molecular complexity index is 1320. The van der Waals surface area contributed by atoms with Crippen molar-refractivity contribution in [2.24, 2.45) is 5.73 Å². The summed E-state index contributed by atoms with van der Waals surface area (Å²) in [6.45, 7) is 0.211. The van der Waals surface area contributed by atoms with Gasteiger partial charge in [-0.25, -0.2) is 0 Å². The maximum Gasteiger partial charge on any atom is 0.255 e. The minimum atomic E-state index is -0.505. The molecule has 0 spiro atoms. The highest BCUT2D eigenvalue weighted by molar-refractivity contribution is 6.30. The molecule has 5 N–H and O–H groups in total. The van der Waals surface area contributed by atoms with Gasteiger partial charge >= 0.3 is 0 Å². The van der Waals surface area contributed by atoms with Crippen LogP contribution in [-0.4, -0.2) is 23.4 Å². The predicted molar refractivity (Wildman–Crippen MR) is 133 cm³/mol. The molecule has 0 aromatic heterocycles. The zero-order valence-electron chi connectivity index (χ0n) is 17.8. The second-order valence-corrected chi connectivity index (χ2v) is 8.36. The van der Waals surface area contributed by atoms with Crippen molar-refractivity contribution in [2.75, 3.05) is 6.54 Å². The zero-order chi connectivity index (χ0) is 23.4. The van der Waals surface area contributed by atoms with Gasteiger partial charge in [-0.3, -0.25) is 10.2 Å². The van der Waals surface area contributed by atoms with E-state index in [0.29, 0.717) is 5.02 Å². The van der Waals surface area contributed by atoms with Crippen molar-refractivity contribution in [3.63, 3.8) is 0 Å². The molecule has 4 aromatic carbocycles. The average molecular weight is 458 g/mol. The second kappa shape index (κ2) is 9.76. The first-order valence-corrected chi connectivity index (χ1v) is 11.0. The van der Waals surface area contributed by atoms with E-state index in [-0.39, 0.29) is 29.6 Å². The van der Waals surface area contributed by atoms with E-state index in [4.69, 9.17) is 22.7 Å². The summed E-state index contributed by atoms with van der Waals surface area (Å²) in [5.74, 6) is -1.34. The minimum absolute atomic E-state index is 0.0211. The molecule has 6 heteroatoms. The number of amidine groups is 1. The first-order valence-electron chi connectivity index (χ1n) is 10.6. The van der Waals surface area contributed by atoms with E-state index < -0.39 is 11.8 Å². The highest BCUT2D eigenvalue weighted by Gasteiger charge is 2.29. The Balaban J connectivity index is 1.74. The molecule has 0 saturated carbocycles. The topological polar surface area (TPSA) is 99.2 Å². The van der Waals surface area contributed by atoms with E-state index in [1.54, 1.807) is 30.3 Å². The number of nitrogens with one attached hydrogen (secondary N) is 2. The maximum atomic E-state index is 12.8. The molecule has 0 fully saturated rings. The highest BCUT2D eigenvalue weighted by Crippen LogP contribution is 2.35. The third-order valence-corrected chi connectivity index (χ3v) is 6.01. The number of hydrogen-bond acceptors (Lipinski definition) is 3. The fourth-order valence-corrected chi connectivity index (χ4v) is 4.36. The van der Waals surface area contributed by atoms with Gasteiger partial charge in [0.15, 0.2) is 0 Å². The molecule has 0 aliphatic rings. The third-order valence-electron chi connectivity index (χ3n) is 5.78. The smallest absolute Gasteiger partial charge is 0.255 e. The summed E-state index contributed by atoms with van der Waals surface area (Å²) in [5, 5.41) is 24.1. The minimum Gasteiger partial charge on any atom is -0.507 e. The van der Waals surface area contributed by atoms with Crippen molar-refractivity contribution in [3.05, 3.63) is 113 Å². The molecule has 166 valence electrons. The number of carbonyl (C=O) groups excluding carboxylic acids is 1. The van der Waals surface area contributed by atoms with E-state index >= 15 is 0 Å². The van der Waals surface area contributed by atoms with E-state index in [1.165, 1.54) is 6.07 Å². The Kier molecular flexibility index (Phi) is 6.61. The molecular weight excluding hydrogens is 434 g/mol. The second-order valence-electron chi connectivity index (χ2n) is 7.93. The van der Waals surface area contributed by atoms with Gasteiger partial charge in [-0.15, -0.1) is 0 Å². The molecule has 33 heavy (non-hydrogen) atoms. The van der Waals surface area contributed by atoms with Gasteiger partial charge in [-0.1, -0.05) is 78.3 Å². The largest absolute Gasteiger partial charge is 0.507 e. The predicted octanol–water partition coefficient (Wildman–Crippen LogP) is 5.43. The van der Waals surface area contributed by atoms with Gasteiger partial charge in [-0.05, 0) is 46.2 Å². The number of phenols is 1. The molecular formula is C27H24ClN3O2. The van der Waals surface area contributed by atoms with Gasteiger partial charge in [0, 0.05) is 23.4 Å². The molecule has 2 unspecified atom stereocenters. The molecule has 4 rings (SSSR count). The Labute approximate surface area is 197 Å².